The maximum Gasteiger partial charge on any atom is 0.222 e. The lowest BCUT2D eigenvalue weighted by Gasteiger charge is -2.21. The summed E-state index contributed by atoms with van der Waals surface area (Å²) in [5, 5.41) is 3.36. The van der Waals surface area contributed by atoms with Gasteiger partial charge in [-0.3, -0.25) is 4.79 Å². The first-order valence-electron chi connectivity index (χ1n) is 6.52. The van der Waals surface area contributed by atoms with Gasteiger partial charge in [0.2, 0.25) is 5.91 Å². The molecule has 0 aliphatic carbocycles. The molecule has 5 heteroatoms. The maximum atomic E-state index is 13.7. The van der Waals surface area contributed by atoms with Crippen LogP contribution in [-0.2, 0) is 11.3 Å². The molecule has 0 aromatic heterocycles. The van der Waals surface area contributed by atoms with Crippen molar-refractivity contribution in [2.75, 3.05) is 13.1 Å². The van der Waals surface area contributed by atoms with Crippen molar-refractivity contribution in [2.24, 2.45) is 0 Å². The number of nitrogens with zero attached hydrogens (tertiary/aromatic N) is 1. The molecule has 1 aromatic carbocycles. The zero-order valence-electron chi connectivity index (χ0n) is 11.0. The Morgan fingerprint density at radius 2 is 2.32 bits per heavy atom. The molecule has 1 heterocycles. The Morgan fingerprint density at radius 1 is 1.53 bits per heavy atom. The van der Waals surface area contributed by atoms with Crippen LogP contribution < -0.4 is 5.32 Å². The van der Waals surface area contributed by atoms with Gasteiger partial charge in [0, 0.05) is 37.7 Å². The highest BCUT2D eigenvalue weighted by Gasteiger charge is 2.21. The van der Waals surface area contributed by atoms with Crippen LogP contribution in [0.4, 0.5) is 4.39 Å². The topological polar surface area (TPSA) is 32.3 Å². The van der Waals surface area contributed by atoms with Gasteiger partial charge in [-0.15, -0.1) is 0 Å². The lowest BCUT2D eigenvalue weighted by molar-refractivity contribution is -0.127. The second-order valence-electron chi connectivity index (χ2n) is 4.94. The van der Waals surface area contributed by atoms with Gasteiger partial charge in [-0.05, 0) is 19.4 Å². The minimum atomic E-state index is -0.374. The van der Waals surface area contributed by atoms with Gasteiger partial charge in [0.05, 0.1) is 5.02 Å². The number of carbonyl (C=O) groups is 1. The van der Waals surface area contributed by atoms with E-state index in [1.54, 1.807) is 12.1 Å². The summed E-state index contributed by atoms with van der Waals surface area (Å²) in [5.74, 6) is -0.163. The largest absolute Gasteiger partial charge is 0.341 e. The molecule has 19 heavy (non-hydrogen) atoms. The van der Waals surface area contributed by atoms with Gasteiger partial charge in [0.15, 0.2) is 0 Å². The van der Waals surface area contributed by atoms with Gasteiger partial charge >= 0.3 is 0 Å². The number of nitrogens with one attached hydrogen (secondary N) is 1. The van der Waals surface area contributed by atoms with E-state index in [1.807, 2.05) is 11.8 Å². The summed E-state index contributed by atoms with van der Waals surface area (Å²) < 4.78 is 13.7. The summed E-state index contributed by atoms with van der Waals surface area (Å²) in [7, 11) is 0. The van der Waals surface area contributed by atoms with Crippen LogP contribution in [0.25, 0.3) is 0 Å². The molecule has 1 aliphatic rings. The SMILES string of the molecule is CC(CN1CCCC1=O)NCc1cccc(Cl)c1F. The highest BCUT2D eigenvalue weighted by molar-refractivity contribution is 6.30. The van der Waals surface area contributed by atoms with Gasteiger partial charge < -0.3 is 10.2 Å². The van der Waals surface area contributed by atoms with E-state index in [4.69, 9.17) is 11.6 Å². The van der Waals surface area contributed by atoms with Crippen LogP contribution >= 0.6 is 11.6 Å². The van der Waals surface area contributed by atoms with Crippen molar-refractivity contribution in [3.63, 3.8) is 0 Å². The molecule has 1 saturated heterocycles. The van der Waals surface area contributed by atoms with Crippen LogP contribution in [0.2, 0.25) is 5.02 Å². The number of halogens is 2. The monoisotopic (exact) mass is 284 g/mol. The smallest absolute Gasteiger partial charge is 0.222 e. The molecule has 1 unspecified atom stereocenters. The fraction of sp³-hybridized carbons (Fsp3) is 0.500. The second kappa shape index (κ2) is 6.35. The van der Waals surface area contributed by atoms with E-state index in [9.17, 15) is 9.18 Å². The molecule has 0 saturated carbocycles. The minimum Gasteiger partial charge on any atom is -0.341 e. The Bertz CT molecular complexity index is 467. The van der Waals surface area contributed by atoms with Gasteiger partial charge in [-0.2, -0.15) is 0 Å². The molecule has 1 N–H and O–H groups in total. The maximum absolute atomic E-state index is 13.7. The van der Waals surface area contributed by atoms with Crippen LogP contribution in [0.1, 0.15) is 25.3 Å². The Labute approximate surface area is 117 Å². The average Bonchev–Trinajstić information content (AvgIpc) is 2.77. The van der Waals surface area contributed by atoms with E-state index in [1.165, 1.54) is 6.07 Å². The molecule has 1 fully saturated rings. The number of hydrogen-bond acceptors (Lipinski definition) is 2. The molecule has 0 spiro atoms. The highest BCUT2D eigenvalue weighted by Crippen LogP contribution is 2.17. The lowest BCUT2D eigenvalue weighted by Crippen LogP contribution is -2.39. The minimum absolute atomic E-state index is 0.125. The number of likely N-dealkylation sites (tertiary alicyclic amines) is 1. The third kappa shape index (κ3) is 3.67. The van der Waals surface area contributed by atoms with E-state index in [0.717, 1.165) is 13.0 Å². The van der Waals surface area contributed by atoms with Gasteiger partial charge in [-0.25, -0.2) is 4.39 Å². The van der Waals surface area contributed by atoms with Gasteiger partial charge in [0.25, 0.3) is 0 Å². The molecule has 3 nitrogen and oxygen atoms in total. The number of amides is 1. The Balaban J connectivity index is 1.84. The lowest BCUT2D eigenvalue weighted by atomic mass is 10.2. The average molecular weight is 285 g/mol. The van der Waals surface area contributed by atoms with Crippen molar-refractivity contribution in [1.29, 1.82) is 0 Å². The van der Waals surface area contributed by atoms with Crippen molar-refractivity contribution in [3.8, 4) is 0 Å². The summed E-state index contributed by atoms with van der Waals surface area (Å²) >= 11 is 5.73. The zero-order chi connectivity index (χ0) is 13.8. The summed E-state index contributed by atoms with van der Waals surface area (Å²) in [4.78, 5) is 13.4. The highest BCUT2D eigenvalue weighted by atomic mass is 35.5. The molecule has 104 valence electrons. The third-order valence-corrected chi connectivity index (χ3v) is 3.63. The van der Waals surface area contributed by atoms with Gasteiger partial charge in [0.1, 0.15) is 5.82 Å². The van der Waals surface area contributed by atoms with E-state index in [2.05, 4.69) is 5.32 Å². The van der Waals surface area contributed by atoms with E-state index < -0.39 is 0 Å². The van der Waals surface area contributed by atoms with Crippen LogP contribution in [0.5, 0.6) is 0 Å². The number of rotatable bonds is 5. The van der Waals surface area contributed by atoms with E-state index in [-0.39, 0.29) is 22.8 Å². The first kappa shape index (κ1) is 14.3. The molecule has 1 aromatic rings. The van der Waals surface area contributed by atoms with Crippen LogP contribution in [0, 0.1) is 5.82 Å². The number of carbonyl (C=O) groups excluding carboxylic acids is 1. The quantitative estimate of drug-likeness (QED) is 0.901. The standard InChI is InChI=1S/C14H18ClFN2O/c1-10(9-18-7-3-6-13(18)19)17-8-11-4-2-5-12(15)14(11)16/h2,4-5,10,17H,3,6-9H2,1H3. The second-order valence-corrected chi connectivity index (χ2v) is 5.35. The zero-order valence-corrected chi connectivity index (χ0v) is 11.7. The summed E-state index contributed by atoms with van der Waals surface area (Å²) in [6, 6.07) is 5.10. The van der Waals surface area contributed by atoms with Crippen LogP contribution in [0.15, 0.2) is 18.2 Å². The van der Waals surface area contributed by atoms with Crippen LogP contribution in [-0.4, -0.2) is 29.9 Å². The number of hydrogen-bond donors (Lipinski definition) is 1. The first-order chi connectivity index (χ1) is 9.08. The summed E-state index contributed by atoms with van der Waals surface area (Å²) in [5.41, 5.74) is 0.548. The van der Waals surface area contributed by atoms with Crippen molar-refractivity contribution in [2.45, 2.75) is 32.4 Å². The molecule has 0 bridgehead atoms. The Kier molecular flexibility index (Phi) is 4.77. The predicted octanol–water partition coefficient (Wildman–Crippen LogP) is 2.58. The predicted molar refractivity (Wildman–Crippen MR) is 73.5 cm³/mol. The first-order valence-corrected chi connectivity index (χ1v) is 6.90. The third-order valence-electron chi connectivity index (χ3n) is 3.34. The fourth-order valence-corrected chi connectivity index (χ4v) is 2.46. The molecule has 1 aliphatic heterocycles. The van der Waals surface area contributed by atoms with Crippen molar-refractivity contribution < 1.29 is 9.18 Å². The molecule has 1 amide bonds. The molecule has 2 rings (SSSR count). The number of benzene rings is 1. The normalized spacial score (nSPS) is 17.0. The summed E-state index contributed by atoms with van der Waals surface area (Å²) in [6.07, 6.45) is 1.59. The Hall–Kier alpha value is -1.13. The summed E-state index contributed by atoms with van der Waals surface area (Å²) in [6.45, 7) is 3.90. The Morgan fingerprint density at radius 3 is 3.00 bits per heavy atom. The van der Waals surface area contributed by atoms with Crippen LogP contribution in [0.3, 0.4) is 0 Å². The van der Waals surface area contributed by atoms with E-state index in [0.29, 0.717) is 25.1 Å². The fourth-order valence-electron chi connectivity index (χ4n) is 2.26. The van der Waals surface area contributed by atoms with Crippen molar-refractivity contribution in [3.05, 3.63) is 34.6 Å². The van der Waals surface area contributed by atoms with Gasteiger partial charge in [-0.1, -0.05) is 23.7 Å². The van der Waals surface area contributed by atoms with Crippen molar-refractivity contribution >= 4 is 17.5 Å². The molecular formula is C14H18ClFN2O. The van der Waals surface area contributed by atoms with Crippen molar-refractivity contribution in [1.82, 2.24) is 10.2 Å². The molecular weight excluding hydrogens is 267 g/mol. The molecule has 1 atom stereocenters. The van der Waals surface area contributed by atoms with E-state index >= 15 is 0 Å². The molecule has 0 radical (unpaired) electrons.